The van der Waals surface area contributed by atoms with Crippen molar-refractivity contribution in [3.05, 3.63) is 45.6 Å². The first-order valence-electron chi connectivity index (χ1n) is 8.79. The predicted octanol–water partition coefficient (Wildman–Crippen LogP) is 3.51. The lowest BCUT2D eigenvalue weighted by Crippen LogP contribution is -2.15. The summed E-state index contributed by atoms with van der Waals surface area (Å²) in [5, 5.41) is 1.11. The molecular formula is C21H27ClN2O4. The van der Waals surface area contributed by atoms with Gasteiger partial charge in [-0.05, 0) is 52.5 Å². The van der Waals surface area contributed by atoms with E-state index in [9.17, 15) is 4.79 Å². The Morgan fingerprint density at radius 3 is 1.50 bits per heavy atom. The van der Waals surface area contributed by atoms with Crippen molar-refractivity contribution < 1.29 is 13.9 Å². The van der Waals surface area contributed by atoms with Crippen LogP contribution in [-0.4, -0.2) is 52.2 Å². The third-order valence-corrected chi connectivity index (χ3v) is 4.52. The molecule has 0 aliphatic rings. The monoisotopic (exact) mass is 406 g/mol. The van der Waals surface area contributed by atoms with E-state index in [0.29, 0.717) is 46.5 Å². The maximum absolute atomic E-state index is 13.2. The Kier molecular flexibility index (Phi) is 6.93. The molecule has 28 heavy (non-hydrogen) atoms. The van der Waals surface area contributed by atoms with E-state index in [0.717, 1.165) is 11.1 Å². The molecule has 1 heterocycles. The first kappa shape index (κ1) is 22.0. The number of rotatable bonds is 6. The van der Waals surface area contributed by atoms with Crippen LogP contribution in [0.5, 0.6) is 11.5 Å². The van der Waals surface area contributed by atoms with Crippen molar-refractivity contribution in [2.45, 2.75) is 13.1 Å². The van der Waals surface area contributed by atoms with Gasteiger partial charge in [-0.15, -0.1) is 12.4 Å². The van der Waals surface area contributed by atoms with Gasteiger partial charge in [0.1, 0.15) is 22.7 Å². The number of methoxy groups -OCH3 is 2. The highest BCUT2D eigenvalue weighted by Crippen LogP contribution is 2.33. The first-order chi connectivity index (χ1) is 12.9. The van der Waals surface area contributed by atoms with Gasteiger partial charge in [0.05, 0.1) is 36.1 Å². The molecule has 3 rings (SSSR count). The topological polar surface area (TPSA) is 55.2 Å². The summed E-state index contributed by atoms with van der Waals surface area (Å²) in [5.74, 6) is 1.41. The lowest BCUT2D eigenvalue weighted by Gasteiger charge is -2.18. The van der Waals surface area contributed by atoms with Crippen LogP contribution in [0.2, 0.25) is 0 Å². The quantitative estimate of drug-likeness (QED) is 0.584. The molecule has 2 aromatic carbocycles. The molecule has 152 valence electrons. The SMILES string of the molecule is COc1ccc2c(=O)c3ccc(OC)c(CN(C)C)c3oc2c1CN(C)C.Cl. The van der Waals surface area contributed by atoms with Crippen LogP contribution in [0.3, 0.4) is 0 Å². The first-order valence-corrected chi connectivity index (χ1v) is 8.79. The van der Waals surface area contributed by atoms with Crippen molar-refractivity contribution >= 4 is 34.3 Å². The molecule has 0 N–H and O–H groups in total. The van der Waals surface area contributed by atoms with Crippen LogP contribution in [0.25, 0.3) is 21.9 Å². The lowest BCUT2D eigenvalue weighted by atomic mass is 10.0. The second-order valence-corrected chi connectivity index (χ2v) is 7.15. The van der Waals surface area contributed by atoms with Gasteiger partial charge in [-0.25, -0.2) is 0 Å². The van der Waals surface area contributed by atoms with Gasteiger partial charge in [0.2, 0.25) is 5.43 Å². The minimum atomic E-state index is -0.0448. The summed E-state index contributed by atoms with van der Waals surface area (Å²) >= 11 is 0. The number of fused-ring (bicyclic) bond motifs is 2. The van der Waals surface area contributed by atoms with E-state index in [4.69, 9.17) is 13.9 Å². The standard InChI is InChI=1S/C21H26N2O4.ClH/c1-22(2)11-15-17(25-5)9-7-13-19(24)14-8-10-18(26-6)16(12-23(3)4)21(14)27-20(13)15;/h7-10H,11-12H2,1-6H3;1H. The Morgan fingerprint density at radius 2 is 1.18 bits per heavy atom. The van der Waals surface area contributed by atoms with E-state index >= 15 is 0 Å². The van der Waals surface area contributed by atoms with Gasteiger partial charge >= 0.3 is 0 Å². The third kappa shape index (κ3) is 3.94. The second kappa shape index (κ2) is 8.82. The summed E-state index contributed by atoms with van der Waals surface area (Å²) < 4.78 is 17.4. The van der Waals surface area contributed by atoms with Gasteiger partial charge in [-0.3, -0.25) is 4.79 Å². The van der Waals surface area contributed by atoms with Crippen molar-refractivity contribution in [1.29, 1.82) is 0 Å². The van der Waals surface area contributed by atoms with Gasteiger partial charge in [0.25, 0.3) is 0 Å². The predicted molar refractivity (Wildman–Crippen MR) is 115 cm³/mol. The Labute approximate surface area is 171 Å². The summed E-state index contributed by atoms with van der Waals surface area (Å²) in [5.41, 5.74) is 2.80. The van der Waals surface area contributed by atoms with Gasteiger partial charge < -0.3 is 23.7 Å². The fourth-order valence-corrected chi connectivity index (χ4v) is 3.37. The minimum Gasteiger partial charge on any atom is -0.496 e. The lowest BCUT2D eigenvalue weighted by molar-refractivity contribution is 0.368. The zero-order valence-electron chi connectivity index (χ0n) is 17.2. The molecule has 0 spiro atoms. The van der Waals surface area contributed by atoms with Gasteiger partial charge in [-0.2, -0.15) is 0 Å². The van der Waals surface area contributed by atoms with Crippen LogP contribution in [0.15, 0.2) is 33.5 Å². The Morgan fingerprint density at radius 1 is 0.786 bits per heavy atom. The molecule has 0 fully saturated rings. The summed E-state index contributed by atoms with van der Waals surface area (Å²) in [6.07, 6.45) is 0. The normalized spacial score (nSPS) is 11.3. The van der Waals surface area contributed by atoms with E-state index < -0.39 is 0 Å². The average molecular weight is 407 g/mol. The fraction of sp³-hybridized carbons (Fsp3) is 0.381. The molecule has 0 aliphatic carbocycles. The van der Waals surface area contributed by atoms with Crippen LogP contribution in [0.1, 0.15) is 11.1 Å². The van der Waals surface area contributed by atoms with Crippen molar-refractivity contribution in [2.75, 3.05) is 42.4 Å². The van der Waals surface area contributed by atoms with Crippen molar-refractivity contribution in [2.24, 2.45) is 0 Å². The number of ether oxygens (including phenoxy) is 2. The highest BCUT2D eigenvalue weighted by Gasteiger charge is 2.19. The average Bonchev–Trinajstić information content (AvgIpc) is 2.62. The molecule has 3 aromatic rings. The molecule has 0 saturated heterocycles. The third-order valence-electron chi connectivity index (χ3n) is 4.52. The van der Waals surface area contributed by atoms with Crippen molar-refractivity contribution in [3.8, 4) is 11.5 Å². The number of hydrogen-bond acceptors (Lipinski definition) is 6. The van der Waals surface area contributed by atoms with Crippen LogP contribution in [-0.2, 0) is 13.1 Å². The molecule has 7 heteroatoms. The molecule has 0 unspecified atom stereocenters. The molecular weight excluding hydrogens is 380 g/mol. The maximum atomic E-state index is 13.2. The van der Waals surface area contributed by atoms with E-state index in [-0.39, 0.29) is 17.8 Å². The zero-order valence-corrected chi connectivity index (χ0v) is 18.0. The number of nitrogens with zero attached hydrogens (tertiary/aromatic N) is 2. The Hall–Kier alpha value is -2.28. The van der Waals surface area contributed by atoms with Crippen molar-refractivity contribution in [3.63, 3.8) is 0 Å². The Balaban J connectivity index is 0.00000280. The zero-order chi connectivity index (χ0) is 19.7. The summed E-state index contributed by atoms with van der Waals surface area (Å²) in [6, 6.07) is 7.20. The molecule has 0 radical (unpaired) electrons. The second-order valence-electron chi connectivity index (χ2n) is 7.15. The van der Waals surface area contributed by atoms with Gasteiger partial charge in [0.15, 0.2) is 0 Å². The highest BCUT2D eigenvalue weighted by atomic mass is 35.5. The molecule has 0 atom stereocenters. The van der Waals surface area contributed by atoms with Gasteiger partial charge in [-0.1, -0.05) is 0 Å². The highest BCUT2D eigenvalue weighted by molar-refractivity contribution is 5.94. The summed E-state index contributed by atoms with van der Waals surface area (Å²) in [7, 11) is 11.1. The van der Waals surface area contributed by atoms with Crippen LogP contribution in [0.4, 0.5) is 0 Å². The number of halogens is 1. The molecule has 0 amide bonds. The molecule has 1 aromatic heterocycles. The van der Waals surface area contributed by atoms with Crippen molar-refractivity contribution in [1.82, 2.24) is 9.80 Å². The van der Waals surface area contributed by atoms with Crippen LogP contribution in [0, 0.1) is 0 Å². The Bertz CT molecular complexity index is 965. The van der Waals surface area contributed by atoms with E-state index in [1.807, 2.05) is 50.1 Å². The maximum Gasteiger partial charge on any atom is 0.200 e. The minimum absolute atomic E-state index is 0. The summed E-state index contributed by atoms with van der Waals surface area (Å²) in [4.78, 5) is 17.2. The molecule has 0 bridgehead atoms. The fourth-order valence-electron chi connectivity index (χ4n) is 3.37. The molecule has 0 aliphatic heterocycles. The molecule has 6 nitrogen and oxygen atoms in total. The van der Waals surface area contributed by atoms with E-state index in [1.54, 1.807) is 26.4 Å². The van der Waals surface area contributed by atoms with Gasteiger partial charge in [0, 0.05) is 13.1 Å². The number of benzene rings is 2. The number of hydrogen-bond donors (Lipinski definition) is 0. The van der Waals surface area contributed by atoms with Crippen LogP contribution >= 0.6 is 12.4 Å². The smallest absolute Gasteiger partial charge is 0.200 e. The largest absolute Gasteiger partial charge is 0.496 e. The van der Waals surface area contributed by atoms with E-state index in [2.05, 4.69) is 0 Å². The van der Waals surface area contributed by atoms with Crippen LogP contribution < -0.4 is 14.9 Å². The van der Waals surface area contributed by atoms with E-state index in [1.165, 1.54) is 0 Å². The molecule has 0 saturated carbocycles. The summed E-state index contributed by atoms with van der Waals surface area (Å²) in [6.45, 7) is 1.20.